The molecule has 8 heteroatoms. The van der Waals surface area contributed by atoms with Crippen LogP contribution >= 0.6 is 0 Å². The van der Waals surface area contributed by atoms with Gasteiger partial charge in [0.1, 0.15) is 5.82 Å². The van der Waals surface area contributed by atoms with Gasteiger partial charge in [0.05, 0.1) is 18.1 Å². The molecule has 132 valence electrons. The molecule has 7 nitrogen and oxygen atoms in total. The van der Waals surface area contributed by atoms with Crippen molar-refractivity contribution in [1.29, 1.82) is 0 Å². The number of hydrogen-bond acceptors (Lipinski definition) is 5. The van der Waals surface area contributed by atoms with E-state index in [0.717, 1.165) is 0 Å². The van der Waals surface area contributed by atoms with Gasteiger partial charge in [0.15, 0.2) is 18.1 Å². The highest BCUT2D eigenvalue weighted by molar-refractivity contribution is 5.77. The van der Waals surface area contributed by atoms with Gasteiger partial charge >= 0.3 is 0 Å². The van der Waals surface area contributed by atoms with Crippen LogP contribution in [0.15, 0.2) is 42.5 Å². The van der Waals surface area contributed by atoms with Crippen LogP contribution in [0.4, 0.5) is 10.1 Å². The summed E-state index contributed by atoms with van der Waals surface area (Å²) >= 11 is 0. The fourth-order valence-electron chi connectivity index (χ4n) is 2.12. The van der Waals surface area contributed by atoms with Crippen molar-refractivity contribution >= 4 is 11.6 Å². The molecule has 1 amide bonds. The van der Waals surface area contributed by atoms with Gasteiger partial charge in [0.2, 0.25) is 0 Å². The first-order valence-electron chi connectivity index (χ1n) is 7.46. The van der Waals surface area contributed by atoms with Crippen molar-refractivity contribution in [1.82, 2.24) is 5.32 Å². The summed E-state index contributed by atoms with van der Waals surface area (Å²) in [7, 11) is 1.39. The van der Waals surface area contributed by atoms with Crippen molar-refractivity contribution in [3.8, 4) is 11.5 Å². The molecule has 0 aliphatic carbocycles. The molecule has 0 aromatic heterocycles. The molecule has 2 aromatic carbocycles. The number of nitrogens with one attached hydrogen (secondary N) is 1. The highest BCUT2D eigenvalue weighted by Crippen LogP contribution is 2.30. The minimum atomic E-state index is -0.569. The van der Waals surface area contributed by atoms with Crippen LogP contribution in [0.3, 0.4) is 0 Å². The van der Waals surface area contributed by atoms with E-state index in [1.165, 1.54) is 31.4 Å². The Morgan fingerprint density at radius 3 is 2.68 bits per heavy atom. The second kappa shape index (κ2) is 8.62. The summed E-state index contributed by atoms with van der Waals surface area (Å²) < 4.78 is 23.8. The number of ether oxygens (including phenoxy) is 2. The van der Waals surface area contributed by atoms with Gasteiger partial charge in [0.25, 0.3) is 11.6 Å². The average molecular weight is 348 g/mol. The lowest BCUT2D eigenvalue weighted by Crippen LogP contribution is -2.30. The van der Waals surface area contributed by atoms with Crippen LogP contribution in [-0.4, -0.2) is 31.1 Å². The van der Waals surface area contributed by atoms with Crippen molar-refractivity contribution in [3.63, 3.8) is 0 Å². The monoisotopic (exact) mass is 348 g/mol. The summed E-state index contributed by atoms with van der Waals surface area (Å²) in [6.45, 7) is -0.0933. The number of nitro benzene ring substituents is 1. The van der Waals surface area contributed by atoms with Crippen LogP contribution in [-0.2, 0) is 11.2 Å². The highest BCUT2D eigenvalue weighted by Gasteiger charge is 2.13. The maximum absolute atomic E-state index is 13.5. The molecule has 0 aliphatic rings. The lowest BCUT2D eigenvalue weighted by Gasteiger charge is -2.11. The Kier molecular flexibility index (Phi) is 6.27. The van der Waals surface area contributed by atoms with E-state index < -0.39 is 10.8 Å². The van der Waals surface area contributed by atoms with E-state index in [1.54, 1.807) is 18.2 Å². The van der Waals surface area contributed by atoms with Gasteiger partial charge in [-0.3, -0.25) is 14.9 Å². The predicted octanol–water partition coefficient (Wildman–Crippen LogP) is 2.48. The lowest BCUT2D eigenvalue weighted by atomic mass is 10.1. The summed E-state index contributed by atoms with van der Waals surface area (Å²) in [5.41, 5.74) is 0.333. The van der Waals surface area contributed by atoms with Crippen LogP contribution in [0, 0.1) is 15.9 Å². The van der Waals surface area contributed by atoms with Crippen molar-refractivity contribution in [2.45, 2.75) is 6.42 Å². The molecule has 0 unspecified atom stereocenters. The Morgan fingerprint density at radius 1 is 1.24 bits per heavy atom. The van der Waals surface area contributed by atoms with E-state index in [1.807, 2.05) is 0 Å². The molecule has 1 N–H and O–H groups in total. The third kappa shape index (κ3) is 5.17. The molecule has 0 atom stereocenters. The Hall–Kier alpha value is -3.16. The summed E-state index contributed by atoms with van der Waals surface area (Å²) in [5, 5.41) is 13.4. The number of amides is 1. The quantitative estimate of drug-likeness (QED) is 0.585. The molecular weight excluding hydrogens is 331 g/mol. The van der Waals surface area contributed by atoms with Gasteiger partial charge in [-0.05, 0) is 24.1 Å². The summed E-state index contributed by atoms with van der Waals surface area (Å²) in [6.07, 6.45) is 0.346. The zero-order chi connectivity index (χ0) is 18.2. The van der Waals surface area contributed by atoms with Crippen molar-refractivity contribution in [2.24, 2.45) is 0 Å². The zero-order valence-electron chi connectivity index (χ0n) is 13.5. The van der Waals surface area contributed by atoms with Crippen molar-refractivity contribution < 1.29 is 23.6 Å². The van der Waals surface area contributed by atoms with E-state index in [4.69, 9.17) is 9.47 Å². The number of non-ortho nitro benzene ring substituents is 1. The van der Waals surface area contributed by atoms with E-state index in [2.05, 4.69) is 5.32 Å². The molecule has 0 bridgehead atoms. The first-order chi connectivity index (χ1) is 12.0. The van der Waals surface area contributed by atoms with Gasteiger partial charge in [0, 0.05) is 12.6 Å². The van der Waals surface area contributed by atoms with Crippen LogP contribution in [0.25, 0.3) is 0 Å². The van der Waals surface area contributed by atoms with E-state index in [0.29, 0.717) is 12.0 Å². The van der Waals surface area contributed by atoms with Gasteiger partial charge < -0.3 is 14.8 Å². The third-order valence-electron chi connectivity index (χ3n) is 3.39. The zero-order valence-corrected chi connectivity index (χ0v) is 13.5. The van der Waals surface area contributed by atoms with E-state index in [-0.39, 0.29) is 36.2 Å². The Balaban J connectivity index is 1.86. The van der Waals surface area contributed by atoms with Gasteiger partial charge in [-0.2, -0.15) is 0 Å². The molecule has 0 aliphatic heterocycles. The summed E-state index contributed by atoms with van der Waals surface area (Å²) in [5.74, 6) is -0.370. The molecular formula is C17H17FN2O5. The highest BCUT2D eigenvalue weighted by atomic mass is 19.1. The lowest BCUT2D eigenvalue weighted by molar-refractivity contribution is -0.385. The Morgan fingerprint density at radius 2 is 2.00 bits per heavy atom. The summed E-state index contributed by atoms with van der Waals surface area (Å²) in [6, 6.07) is 10.2. The topological polar surface area (TPSA) is 90.7 Å². The maximum Gasteiger partial charge on any atom is 0.273 e. The first kappa shape index (κ1) is 18.2. The Labute approximate surface area is 143 Å². The number of hydrogen-bond donors (Lipinski definition) is 1. The number of benzene rings is 2. The van der Waals surface area contributed by atoms with Gasteiger partial charge in [-0.25, -0.2) is 4.39 Å². The molecule has 0 fully saturated rings. The summed E-state index contributed by atoms with van der Waals surface area (Å²) in [4.78, 5) is 22.0. The number of nitro groups is 1. The van der Waals surface area contributed by atoms with Gasteiger partial charge in [-0.1, -0.05) is 18.2 Å². The molecule has 0 heterocycles. The van der Waals surface area contributed by atoms with Crippen LogP contribution in [0.2, 0.25) is 0 Å². The van der Waals surface area contributed by atoms with Gasteiger partial charge in [-0.15, -0.1) is 0 Å². The largest absolute Gasteiger partial charge is 0.493 e. The number of carbonyl (C=O) groups excluding carboxylic acids is 1. The standard InChI is InChI=1S/C17H17FN2O5/c1-24-15-7-6-13(20(22)23)10-16(15)25-11-17(21)19-9-8-12-4-2-3-5-14(12)18/h2-7,10H,8-9,11H2,1H3,(H,19,21). The second-order valence-corrected chi connectivity index (χ2v) is 5.07. The van der Waals surface area contributed by atoms with Crippen LogP contribution in [0.1, 0.15) is 5.56 Å². The molecule has 2 rings (SSSR count). The molecule has 25 heavy (non-hydrogen) atoms. The normalized spacial score (nSPS) is 10.2. The van der Waals surface area contributed by atoms with E-state index in [9.17, 15) is 19.3 Å². The average Bonchev–Trinajstić information content (AvgIpc) is 2.61. The number of carbonyl (C=O) groups is 1. The minimum absolute atomic E-state index is 0.0981. The fraction of sp³-hybridized carbons (Fsp3) is 0.235. The predicted molar refractivity (Wildman–Crippen MR) is 88.3 cm³/mol. The molecule has 0 saturated carbocycles. The first-order valence-corrected chi connectivity index (χ1v) is 7.46. The Bertz CT molecular complexity index is 766. The van der Waals surface area contributed by atoms with Crippen LogP contribution < -0.4 is 14.8 Å². The fourth-order valence-corrected chi connectivity index (χ4v) is 2.12. The second-order valence-electron chi connectivity index (χ2n) is 5.07. The third-order valence-corrected chi connectivity index (χ3v) is 3.39. The minimum Gasteiger partial charge on any atom is -0.493 e. The number of rotatable bonds is 8. The van der Waals surface area contributed by atoms with E-state index >= 15 is 0 Å². The van der Waals surface area contributed by atoms with Crippen molar-refractivity contribution in [3.05, 3.63) is 64.0 Å². The number of halogens is 1. The molecule has 0 saturated heterocycles. The molecule has 2 aromatic rings. The molecule has 0 radical (unpaired) electrons. The number of nitrogens with zero attached hydrogens (tertiary/aromatic N) is 1. The maximum atomic E-state index is 13.5. The van der Waals surface area contributed by atoms with Crippen molar-refractivity contribution in [2.75, 3.05) is 20.3 Å². The SMILES string of the molecule is COc1ccc([N+](=O)[O-])cc1OCC(=O)NCCc1ccccc1F. The van der Waals surface area contributed by atoms with Crippen LogP contribution in [0.5, 0.6) is 11.5 Å². The smallest absolute Gasteiger partial charge is 0.273 e. The number of methoxy groups -OCH3 is 1. The molecule has 0 spiro atoms.